The van der Waals surface area contributed by atoms with Crippen LogP contribution < -0.4 is 5.32 Å². The molecule has 4 rings (SSSR count). The molecule has 1 N–H and O–H groups in total. The van der Waals surface area contributed by atoms with Crippen molar-refractivity contribution >= 4 is 22.6 Å². The monoisotopic (exact) mass is 397 g/mol. The van der Waals surface area contributed by atoms with Crippen molar-refractivity contribution in [3.63, 3.8) is 0 Å². The van der Waals surface area contributed by atoms with Crippen molar-refractivity contribution in [3.05, 3.63) is 101 Å². The maximum atomic E-state index is 13.3. The zero-order valence-electron chi connectivity index (χ0n) is 15.3. The molecule has 3 aromatic carbocycles. The van der Waals surface area contributed by atoms with E-state index >= 15 is 0 Å². The molecular formula is C24H16FN3S. The molecule has 0 aliphatic heterocycles. The lowest BCUT2D eigenvalue weighted by molar-refractivity contribution is 0.628. The van der Waals surface area contributed by atoms with E-state index in [-0.39, 0.29) is 5.82 Å². The van der Waals surface area contributed by atoms with Crippen molar-refractivity contribution < 1.29 is 4.39 Å². The molecule has 0 amide bonds. The molecule has 0 bridgehead atoms. The summed E-state index contributed by atoms with van der Waals surface area (Å²) in [5, 5.41) is 15.0. The van der Waals surface area contributed by atoms with Gasteiger partial charge in [0, 0.05) is 22.8 Å². The third-order valence-corrected chi connectivity index (χ3v) is 5.23. The van der Waals surface area contributed by atoms with Crippen LogP contribution in [-0.2, 0) is 0 Å². The highest BCUT2D eigenvalue weighted by atomic mass is 32.1. The second-order valence-corrected chi connectivity index (χ2v) is 7.16. The molecule has 0 aliphatic rings. The number of hydrogen-bond acceptors (Lipinski definition) is 4. The lowest BCUT2D eigenvalue weighted by Crippen LogP contribution is -1.91. The Kier molecular flexibility index (Phi) is 5.46. The van der Waals surface area contributed by atoms with E-state index in [1.165, 1.54) is 23.5 Å². The van der Waals surface area contributed by atoms with Crippen LogP contribution in [0.1, 0.15) is 5.01 Å². The fourth-order valence-corrected chi connectivity index (χ4v) is 3.66. The van der Waals surface area contributed by atoms with Crippen molar-refractivity contribution in [1.82, 2.24) is 4.98 Å². The maximum absolute atomic E-state index is 13.3. The smallest absolute Gasteiger partial charge is 0.136 e. The van der Waals surface area contributed by atoms with E-state index in [2.05, 4.69) is 40.6 Å². The van der Waals surface area contributed by atoms with Crippen LogP contribution in [0.15, 0.2) is 90.4 Å². The summed E-state index contributed by atoms with van der Waals surface area (Å²) in [5.41, 5.74) is 5.08. The molecule has 0 saturated heterocycles. The van der Waals surface area contributed by atoms with Crippen molar-refractivity contribution in [2.24, 2.45) is 0 Å². The minimum atomic E-state index is -0.336. The van der Waals surface area contributed by atoms with E-state index in [0.717, 1.165) is 22.4 Å². The molecule has 0 unspecified atom stereocenters. The summed E-state index contributed by atoms with van der Waals surface area (Å²) in [6, 6.07) is 26.6. The second-order valence-electron chi connectivity index (χ2n) is 6.31. The standard InChI is InChI=1S/C24H16FN3S/c25-21-7-4-8-22(13-21)27-15-20(14-26)24-28-23(16-29-24)19-11-9-18(10-12-19)17-5-2-1-3-6-17/h1-13,15-16,27H/b20-15+. The minimum absolute atomic E-state index is 0.336. The highest BCUT2D eigenvalue weighted by Crippen LogP contribution is 2.28. The molecule has 140 valence electrons. The summed E-state index contributed by atoms with van der Waals surface area (Å²) in [5.74, 6) is -0.336. The number of benzene rings is 3. The second kappa shape index (κ2) is 8.51. The molecule has 0 saturated carbocycles. The van der Waals surface area contributed by atoms with Gasteiger partial charge in [0.2, 0.25) is 0 Å². The molecular weight excluding hydrogens is 381 g/mol. The van der Waals surface area contributed by atoms with E-state index < -0.39 is 0 Å². The first kappa shape index (κ1) is 18.6. The van der Waals surface area contributed by atoms with E-state index in [1.54, 1.807) is 18.3 Å². The van der Waals surface area contributed by atoms with Gasteiger partial charge in [-0.3, -0.25) is 0 Å². The molecule has 5 heteroatoms. The van der Waals surface area contributed by atoms with Crippen LogP contribution in [0.3, 0.4) is 0 Å². The summed E-state index contributed by atoms with van der Waals surface area (Å²) < 4.78 is 13.3. The number of thiazole rings is 1. The lowest BCUT2D eigenvalue weighted by atomic mass is 10.0. The molecule has 4 aromatic rings. The number of anilines is 1. The van der Waals surface area contributed by atoms with Gasteiger partial charge in [0.15, 0.2) is 0 Å². The van der Waals surface area contributed by atoms with Gasteiger partial charge in [0.05, 0.1) is 5.69 Å². The average Bonchev–Trinajstić information content (AvgIpc) is 3.25. The summed E-state index contributed by atoms with van der Waals surface area (Å²) in [6.07, 6.45) is 1.55. The number of nitriles is 1. The van der Waals surface area contributed by atoms with Crippen molar-refractivity contribution in [2.75, 3.05) is 5.32 Å². The fourth-order valence-electron chi connectivity index (χ4n) is 2.87. The Morgan fingerprint density at radius 2 is 1.66 bits per heavy atom. The van der Waals surface area contributed by atoms with Gasteiger partial charge in [-0.25, -0.2) is 9.37 Å². The van der Waals surface area contributed by atoms with Crippen molar-refractivity contribution in [3.8, 4) is 28.5 Å². The largest absolute Gasteiger partial charge is 0.360 e. The van der Waals surface area contributed by atoms with Crippen molar-refractivity contribution in [2.45, 2.75) is 0 Å². The van der Waals surface area contributed by atoms with Crippen LogP contribution in [0.25, 0.3) is 28.0 Å². The molecule has 29 heavy (non-hydrogen) atoms. The zero-order chi connectivity index (χ0) is 20.1. The molecule has 0 atom stereocenters. The quantitative estimate of drug-likeness (QED) is 0.386. The number of hydrogen-bond donors (Lipinski definition) is 1. The number of allylic oxidation sites excluding steroid dienone is 1. The lowest BCUT2D eigenvalue weighted by Gasteiger charge is -2.03. The van der Waals surface area contributed by atoms with Crippen LogP contribution in [0.2, 0.25) is 0 Å². The number of nitrogens with one attached hydrogen (secondary N) is 1. The Morgan fingerprint density at radius 3 is 2.38 bits per heavy atom. The average molecular weight is 397 g/mol. The van der Waals surface area contributed by atoms with Crippen molar-refractivity contribution in [1.29, 1.82) is 5.26 Å². The number of nitrogens with zero attached hydrogens (tertiary/aromatic N) is 2. The normalized spacial score (nSPS) is 11.1. The zero-order valence-corrected chi connectivity index (χ0v) is 16.2. The third kappa shape index (κ3) is 4.40. The predicted octanol–water partition coefficient (Wildman–Crippen LogP) is 6.59. The van der Waals surface area contributed by atoms with Gasteiger partial charge in [0.1, 0.15) is 22.5 Å². The summed E-state index contributed by atoms with van der Waals surface area (Å²) in [7, 11) is 0. The highest BCUT2D eigenvalue weighted by molar-refractivity contribution is 7.11. The predicted molar refractivity (Wildman–Crippen MR) is 117 cm³/mol. The molecule has 0 fully saturated rings. The van der Waals surface area contributed by atoms with Crippen LogP contribution in [0.4, 0.5) is 10.1 Å². The van der Waals surface area contributed by atoms with E-state index in [9.17, 15) is 9.65 Å². The van der Waals surface area contributed by atoms with Crippen LogP contribution >= 0.6 is 11.3 Å². The maximum Gasteiger partial charge on any atom is 0.136 e. The van der Waals surface area contributed by atoms with Gasteiger partial charge in [-0.2, -0.15) is 5.26 Å². The van der Waals surface area contributed by atoms with Gasteiger partial charge in [-0.15, -0.1) is 11.3 Å². The Labute approximate surface area is 172 Å². The molecule has 0 spiro atoms. The topological polar surface area (TPSA) is 48.7 Å². The number of halogens is 1. The first-order valence-electron chi connectivity index (χ1n) is 8.97. The van der Waals surface area contributed by atoms with E-state index in [1.807, 2.05) is 35.7 Å². The molecule has 1 heterocycles. The Balaban J connectivity index is 1.54. The first-order valence-corrected chi connectivity index (χ1v) is 9.85. The van der Waals surface area contributed by atoms with Crippen LogP contribution in [0.5, 0.6) is 0 Å². The van der Waals surface area contributed by atoms with Crippen LogP contribution in [-0.4, -0.2) is 4.98 Å². The SMILES string of the molecule is N#C/C(=C\Nc1cccc(F)c1)c1nc(-c2ccc(-c3ccccc3)cc2)cs1. The number of aromatic nitrogens is 1. The first-order chi connectivity index (χ1) is 14.2. The van der Waals surface area contributed by atoms with Gasteiger partial charge >= 0.3 is 0 Å². The summed E-state index contributed by atoms with van der Waals surface area (Å²) in [6.45, 7) is 0. The fraction of sp³-hybridized carbons (Fsp3) is 0. The summed E-state index contributed by atoms with van der Waals surface area (Å²) >= 11 is 1.40. The highest BCUT2D eigenvalue weighted by Gasteiger charge is 2.09. The molecule has 3 nitrogen and oxygen atoms in total. The third-order valence-electron chi connectivity index (χ3n) is 4.35. The number of rotatable bonds is 5. The van der Waals surface area contributed by atoms with Gasteiger partial charge in [-0.1, -0.05) is 60.7 Å². The van der Waals surface area contributed by atoms with E-state index in [4.69, 9.17) is 0 Å². The van der Waals surface area contributed by atoms with Gasteiger partial charge in [-0.05, 0) is 29.3 Å². The molecule has 1 aromatic heterocycles. The minimum Gasteiger partial charge on any atom is -0.360 e. The Bertz CT molecular complexity index is 1190. The van der Waals surface area contributed by atoms with Gasteiger partial charge in [0.25, 0.3) is 0 Å². The molecule has 0 radical (unpaired) electrons. The van der Waals surface area contributed by atoms with Gasteiger partial charge < -0.3 is 5.32 Å². The van der Waals surface area contributed by atoms with Crippen LogP contribution in [0, 0.1) is 17.1 Å². The van der Waals surface area contributed by atoms with E-state index in [0.29, 0.717) is 16.3 Å². The Morgan fingerprint density at radius 1 is 0.931 bits per heavy atom. The summed E-state index contributed by atoms with van der Waals surface area (Å²) in [4.78, 5) is 4.60. The Hall–Kier alpha value is -3.75. The molecule has 0 aliphatic carbocycles.